The van der Waals surface area contributed by atoms with Crippen LogP contribution in [-0.4, -0.2) is 20.0 Å². The molecule has 5 nitrogen and oxygen atoms in total. The van der Waals surface area contributed by atoms with Gasteiger partial charge in [0.25, 0.3) is 0 Å². The molecular formula is C12H19N5. The Balaban J connectivity index is 1.97. The van der Waals surface area contributed by atoms with Gasteiger partial charge in [-0.1, -0.05) is 0 Å². The molecule has 0 aliphatic rings. The molecular weight excluding hydrogens is 214 g/mol. The number of hydrogen-bond acceptors (Lipinski definition) is 3. The van der Waals surface area contributed by atoms with Crippen LogP contribution in [-0.2, 0) is 13.6 Å². The predicted molar refractivity (Wildman–Crippen MR) is 66.5 cm³/mol. The molecule has 1 unspecified atom stereocenters. The molecule has 17 heavy (non-hydrogen) atoms. The molecule has 0 aliphatic heterocycles. The van der Waals surface area contributed by atoms with Crippen LogP contribution in [0.1, 0.15) is 35.6 Å². The average molecular weight is 233 g/mol. The molecule has 0 spiro atoms. The molecule has 0 aliphatic carbocycles. The Morgan fingerprint density at radius 3 is 2.76 bits per heavy atom. The van der Waals surface area contributed by atoms with E-state index >= 15 is 0 Å². The molecule has 5 heteroatoms. The monoisotopic (exact) mass is 233 g/mol. The third kappa shape index (κ3) is 2.74. The summed E-state index contributed by atoms with van der Waals surface area (Å²) >= 11 is 0. The van der Waals surface area contributed by atoms with E-state index in [1.165, 1.54) is 5.56 Å². The minimum Gasteiger partial charge on any atom is -0.304 e. The van der Waals surface area contributed by atoms with E-state index in [-0.39, 0.29) is 6.04 Å². The number of nitrogens with zero attached hydrogens (tertiary/aromatic N) is 3. The zero-order chi connectivity index (χ0) is 12.4. The maximum Gasteiger partial charge on any atom is 0.0762 e. The fourth-order valence-electron chi connectivity index (χ4n) is 1.98. The molecule has 2 heterocycles. The summed E-state index contributed by atoms with van der Waals surface area (Å²) in [5.74, 6) is 0. The molecule has 2 N–H and O–H groups in total. The van der Waals surface area contributed by atoms with Gasteiger partial charge < -0.3 is 5.32 Å². The van der Waals surface area contributed by atoms with Crippen molar-refractivity contribution >= 4 is 0 Å². The number of nitrogens with one attached hydrogen (secondary N) is 2. The molecule has 2 aromatic heterocycles. The third-order valence-corrected chi connectivity index (χ3v) is 2.87. The quantitative estimate of drug-likeness (QED) is 0.843. The van der Waals surface area contributed by atoms with Gasteiger partial charge in [-0.25, -0.2) is 0 Å². The molecule has 92 valence electrons. The fraction of sp³-hybridized carbons (Fsp3) is 0.500. The van der Waals surface area contributed by atoms with Crippen molar-refractivity contribution in [3.05, 3.63) is 34.9 Å². The van der Waals surface area contributed by atoms with Crippen LogP contribution in [0.3, 0.4) is 0 Å². The highest BCUT2D eigenvalue weighted by Gasteiger charge is 2.11. The van der Waals surface area contributed by atoms with Gasteiger partial charge in [0.2, 0.25) is 0 Å². The van der Waals surface area contributed by atoms with E-state index < -0.39 is 0 Å². The smallest absolute Gasteiger partial charge is 0.0762 e. The summed E-state index contributed by atoms with van der Waals surface area (Å²) in [4.78, 5) is 0. The number of aryl methyl sites for hydroxylation is 3. The molecule has 0 bridgehead atoms. The van der Waals surface area contributed by atoms with Crippen molar-refractivity contribution in [3.63, 3.8) is 0 Å². The zero-order valence-corrected chi connectivity index (χ0v) is 10.8. The molecule has 0 saturated carbocycles. The van der Waals surface area contributed by atoms with Gasteiger partial charge in [-0.3, -0.25) is 9.78 Å². The second-order valence-electron chi connectivity index (χ2n) is 4.49. The Kier molecular flexibility index (Phi) is 3.28. The van der Waals surface area contributed by atoms with E-state index in [0.717, 1.165) is 23.6 Å². The summed E-state index contributed by atoms with van der Waals surface area (Å²) < 4.78 is 1.85. The largest absolute Gasteiger partial charge is 0.304 e. The van der Waals surface area contributed by atoms with E-state index in [1.54, 1.807) is 0 Å². The molecule has 0 radical (unpaired) electrons. The van der Waals surface area contributed by atoms with Crippen LogP contribution >= 0.6 is 0 Å². The first-order chi connectivity index (χ1) is 8.06. The lowest BCUT2D eigenvalue weighted by atomic mass is 10.1. The molecule has 2 aromatic rings. The Morgan fingerprint density at radius 1 is 1.47 bits per heavy atom. The van der Waals surface area contributed by atoms with Crippen molar-refractivity contribution in [2.45, 2.75) is 33.4 Å². The SMILES string of the molecule is Cc1cc(CNC(C)c2cn(C)nc2C)n[nH]1. The number of hydrogen-bond donors (Lipinski definition) is 2. The Labute approximate surface area is 101 Å². The summed E-state index contributed by atoms with van der Waals surface area (Å²) in [6.45, 7) is 6.95. The number of H-pyrrole nitrogens is 1. The van der Waals surface area contributed by atoms with Gasteiger partial charge in [-0.15, -0.1) is 0 Å². The van der Waals surface area contributed by atoms with Crippen molar-refractivity contribution in [1.82, 2.24) is 25.3 Å². The second-order valence-corrected chi connectivity index (χ2v) is 4.49. The normalized spacial score (nSPS) is 12.9. The van der Waals surface area contributed by atoms with Gasteiger partial charge in [-0.05, 0) is 26.8 Å². The van der Waals surface area contributed by atoms with Gasteiger partial charge in [-0.2, -0.15) is 10.2 Å². The van der Waals surface area contributed by atoms with Gasteiger partial charge in [0, 0.05) is 37.1 Å². The fourth-order valence-corrected chi connectivity index (χ4v) is 1.98. The van der Waals surface area contributed by atoms with Crippen molar-refractivity contribution in [1.29, 1.82) is 0 Å². The summed E-state index contributed by atoms with van der Waals surface area (Å²) in [5, 5.41) is 14.9. The molecule has 0 aromatic carbocycles. The lowest BCUT2D eigenvalue weighted by Crippen LogP contribution is -2.18. The van der Waals surface area contributed by atoms with E-state index in [4.69, 9.17) is 0 Å². The lowest BCUT2D eigenvalue weighted by molar-refractivity contribution is 0.564. The van der Waals surface area contributed by atoms with Gasteiger partial charge in [0.05, 0.1) is 11.4 Å². The van der Waals surface area contributed by atoms with Crippen LogP contribution in [0.25, 0.3) is 0 Å². The summed E-state index contributed by atoms with van der Waals surface area (Å²) in [6, 6.07) is 2.33. The highest BCUT2D eigenvalue weighted by Crippen LogP contribution is 2.15. The summed E-state index contributed by atoms with van der Waals surface area (Å²) in [5.41, 5.74) is 4.44. The standard InChI is InChI=1S/C12H19N5/c1-8-5-11(15-14-8)6-13-9(2)12-7-17(4)16-10(12)3/h5,7,9,13H,6H2,1-4H3,(H,14,15). The minimum atomic E-state index is 0.278. The van der Waals surface area contributed by atoms with Gasteiger partial charge >= 0.3 is 0 Å². The van der Waals surface area contributed by atoms with E-state index in [2.05, 4.69) is 39.8 Å². The van der Waals surface area contributed by atoms with Crippen LogP contribution in [0.4, 0.5) is 0 Å². The van der Waals surface area contributed by atoms with E-state index in [9.17, 15) is 0 Å². The van der Waals surface area contributed by atoms with Crippen molar-refractivity contribution < 1.29 is 0 Å². The summed E-state index contributed by atoms with van der Waals surface area (Å²) in [6.07, 6.45) is 2.06. The highest BCUT2D eigenvalue weighted by atomic mass is 15.3. The Bertz CT molecular complexity index is 497. The zero-order valence-electron chi connectivity index (χ0n) is 10.8. The van der Waals surface area contributed by atoms with E-state index in [0.29, 0.717) is 0 Å². The Hall–Kier alpha value is -1.62. The minimum absolute atomic E-state index is 0.278. The first-order valence-corrected chi connectivity index (χ1v) is 5.80. The number of aromatic nitrogens is 4. The molecule has 0 amide bonds. The van der Waals surface area contributed by atoms with Crippen molar-refractivity contribution in [2.24, 2.45) is 7.05 Å². The molecule has 0 fully saturated rings. The van der Waals surface area contributed by atoms with Crippen LogP contribution in [0.2, 0.25) is 0 Å². The molecule has 1 atom stereocenters. The average Bonchev–Trinajstić information content (AvgIpc) is 2.81. The summed E-state index contributed by atoms with van der Waals surface area (Å²) in [7, 11) is 1.94. The second kappa shape index (κ2) is 4.71. The third-order valence-electron chi connectivity index (χ3n) is 2.87. The Morgan fingerprint density at radius 2 is 2.24 bits per heavy atom. The van der Waals surface area contributed by atoms with Gasteiger partial charge in [0.1, 0.15) is 0 Å². The van der Waals surface area contributed by atoms with Crippen LogP contribution in [0.5, 0.6) is 0 Å². The van der Waals surface area contributed by atoms with Crippen LogP contribution < -0.4 is 5.32 Å². The number of aromatic amines is 1. The molecule has 0 saturated heterocycles. The topological polar surface area (TPSA) is 58.5 Å². The molecule has 2 rings (SSSR count). The first kappa shape index (κ1) is 11.9. The number of rotatable bonds is 4. The maximum absolute atomic E-state index is 4.35. The lowest BCUT2D eigenvalue weighted by Gasteiger charge is -2.11. The van der Waals surface area contributed by atoms with Crippen LogP contribution in [0.15, 0.2) is 12.3 Å². The van der Waals surface area contributed by atoms with Gasteiger partial charge in [0.15, 0.2) is 0 Å². The highest BCUT2D eigenvalue weighted by molar-refractivity contribution is 5.19. The van der Waals surface area contributed by atoms with Crippen molar-refractivity contribution in [3.8, 4) is 0 Å². The maximum atomic E-state index is 4.35. The van der Waals surface area contributed by atoms with E-state index in [1.807, 2.05) is 25.6 Å². The predicted octanol–water partition coefficient (Wildman–Crippen LogP) is 1.61. The first-order valence-electron chi connectivity index (χ1n) is 5.80. The van der Waals surface area contributed by atoms with Crippen LogP contribution in [0, 0.1) is 13.8 Å². The van der Waals surface area contributed by atoms with Crippen molar-refractivity contribution in [2.75, 3.05) is 0 Å².